The smallest absolute Gasteiger partial charge is 0.0858 e. The molecule has 0 spiro atoms. The van der Waals surface area contributed by atoms with Crippen LogP contribution in [0.2, 0.25) is 0 Å². The second kappa shape index (κ2) is 8.74. The number of aliphatic hydroxyl groups excluding tert-OH is 4. The van der Waals surface area contributed by atoms with Gasteiger partial charge in [-0.3, -0.25) is 0 Å². The lowest BCUT2D eigenvalue weighted by atomic mass is 10.1. The Labute approximate surface area is 83.6 Å². The summed E-state index contributed by atoms with van der Waals surface area (Å²) in [5.41, 5.74) is 4.41. The summed E-state index contributed by atoms with van der Waals surface area (Å²) in [6, 6.07) is 0. The van der Waals surface area contributed by atoms with Gasteiger partial charge in [0.15, 0.2) is 0 Å². The summed E-state index contributed by atoms with van der Waals surface area (Å²) in [7, 11) is 0. The van der Waals surface area contributed by atoms with E-state index in [0.717, 1.165) is 0 Å². The maximum atomic E-state index is 8.34. The number of rotatable bonds is 4. The average molecular weight is 213 g/mol. The van der Waals surface area contributed by atoms with Gasteiger partial charge in [-0.25, -0.2) is 0 Å². The Balaban J connectivity index is 0. The Kier molecular flexibility index (Phi) is 10.5. The molecule has 5 nitrogen and oxygen atoms in total. The first-order valence-electron chi connectivity index (χ1n) is 3.84. The molecule has 0 aromatic rings. The topological polar surface area (TPSA) is 107 Å². The molecule has 0 aliphatic heterocycles. The van der Waals surface area contributed by atoms with Crippen molar-refractivity contribution in [2.75, 3.05) is 25.6 Å². The van der Waals surface area contributed by atoms with Crippen LogP contribution in [0, 0.1) is 0 Å². The number of hydrogen-bond donors (Lipinski definition) is 6. The lowest BCUT2D eigenvalue weighted by Gasteiger charge is -2.16. The molecule has 82 valence electrons. The Bertz CT molecular complexity index is 103. The molecule has 0 radical (unpaired) electrons. The van der Waals surface area contributed by atoms with E-state index >= 15 is 0 Å². The van der Waals surface area contributed by atoms with Gasteiger partial charge in [0.05, 0.1) is 31.5 Å². The van der Waals surface area contributed by atoms with E-state index in [-0.39, 0.29) is 19.8 Å². The highest BCUT2D eigenvalue weighted by Crippen LogP contribution is 1.91. The predicted octanol–water partition coefficient (Wildman–Crippen LogP) is -2.04. The van der Waals surface area contributed by atoms with E-state index in [9.17, 15) is 0 Å². The third kappa shape index (κ3) is 12.1. The first kappa shape index (κ1) is 15.6. The standard InChI is InChI=1S/C4H11NO2.C3H8O2S/c1-4(5,2-6)3-7;4-1-3(5)2-6/h6-7H,2-3,5H2,1H3;3-6H,1-2H2. The van der Waals surface area contributed by atoms with E-state index in [1.165, 1.54) is 0 Å². The number of hydrogen-bond acceptors (Lipinski definition) is 6. The molecule has 0 fully saturated rings. The summed E-state index contributed by atoms with van der Waals surface area (Å²) < 4.78 is 0. The van der Waals surface area contributed by atoms with Crippen LogP contribution >= 0.6 is 12.6 Å². The molecule has 0 aliphatic carbocycles. The summed E-state index contributed by atoms with van der Waals surface area (Å²) in [6.45, 7) is 1.03. The van der Waals surface area contributed by atoms with Crippen LogP contribution in [0.4, 0.5) is 0 Å². The summed E-state index contributed by atoms with van der Waals surface area (Å²) in [5, 5.41) is 33.0. The molecule has 0 heterocycles. The fraction of sp³-hybridized carbons (Fsp3) is 1.00. The zero-order chi connectivity index (χ0) is 10.9. The SMILES string of the molecule is CC(N)(CO)CO.OCC(O)CS. The lowest BCUT2D eigenvalue weighted by molar-refractivity contribution is 0.114. The predicted molar refractivity (Wildman–Crippen MR) is 53.7 cm³/mol. The van der Waals surface area contributed by atoms with Crippen molar-refractivity contribution in [1.82, 2.24) is 0 Å². The van der Waals surface area contributed by atoms with Gasteiger partial charge < -0.3 is 26.2 Å². The maximum absolute atomic E-state index is 8.34. The molecule has 0 saturated heterocycles. The zero-order valence-electron chi connectivity index (χ0n) is 7.72. The first-order valence-corrected chi connectivity index (χ1v) is 4.47. The summed E-state index contributed by atoms with van der Waals surface area (Å²) in [4.78, 5) is 0. The van der Waals surface area contributed by atoms with Crippen molar-refractivity contribution in [2.45, 2.75) is 18.6 Å². The number of aliphatic hydroxyl groups is 4. The van der Waals surface area contributed by atoms with Crippen LogP contribution < -0.4 is 5.73 Å². The minimum absolute atomic E-state index is 0.177. The van der Waals surface area contributed by atoms with Crippen molar-refractivity contribution in [2.24, 2.45) is 5.73 Å². The molecule has 0 aromatic heterocycles. The van der Waals surface area contributed by atoms with Crippen molar-refractivity contribution in [1.29, 1.82) is 0 Å². The van der Waals surface area contributed by atoms with E-state index in [2.05, 4.69) is 12.6 Å². The van der Waals surface area contributed by atoms with Gasteiger partial charge in [0.1, 0.15) is 0 Å². The molecule has 0 amide bonds. The number of thiol groups is 1. The van der Waals surface area contributed by atoms with Crippen molar-refractivity contribution in [3.05, 3.63) is 0 Å². The van der Waals surface area contributed by atoms with Gasteiger partial charge in [-0.15, -0.1) is 0 Å². The van der Waals surface area contributed by atoms with E-state index in [0.29, 0.717) is 5.75 Å². The van der Waals surface area contributed by atoms with Crippen LogP contribution in [0.25, 0.3) is 0 Å². The third-order valence-electron chi connectivity index (χ3n) is 1.14. The Hall–Kier alpha value is 0.150. The van der Waals surface area contributed by atoms with Gasteiger partial charge >= 0.3 is 0 Å². The van der Waals surface area contributed by atoms with Crippen LogP contribution in [0.5, 0.6) is 0 Å². The van der Waals surface area contributed by atoms with Crippen LogP contribution in [0.15, 0.2) is 0 Å². The van der Waals surface area contributed by atoms with E-state index in [1.807, 2.05) is 0 Å². The molecular weight excluding hydrogens is 194 g/mol. The molecule has 0 rings (SSSR count). The Morgan fingerprint density at radius 2 is 1.69 bits per heavy atom. The molecule has 0 aliphatic rings. The van der Waals surface area contributed by atoms with Gasteiger partial charge in [-0.05, 0) is 6.92 Å². The van der Waals surface area contributed by atoms with Crippen LogP contribution in [0.3, 0.4) is 0 Å². The van der Waals surface area contributed by atoms with Gasteiger partial charge in [0.2, 0.25) is 0 Å². The van der Waals surface area contributed by atoms with E-state index in [4.69, 9.17) is 26.2 Å². The largest absolute Gasteiger partial charge is 0.394 e. The monoisotopic (exact) mass is 213 g/mol. The van der Waals surface area contributed by atoms with Crippen molar-refractivity contribution < 1.29 is 20.4 Å². The highest BCUT2D eigenvalue weighted by molar-refractivity contribution is 7.80. The van der Waals surface area contributed by atoms with Crippen LogP contribution in [-0.4, -0.2) is 57.6 Å². The molecule has 0 saturated carbocycles. The normalized spacial score (nSPS) is 13.2. The van der Waals surface area contributed by atoms with Gasteiger partial charge in [0.25, 0.3) is 0 Å². The second-order valence-electron chi connectivity index (χ2n) is 2.99. The highest BCUT2D eigenvalue weighted by atomic mass is 32.1. The third-order valence-corrected chi connectivity index (χ3v) is 1.57. The molecule has 1 unspecified atom stereocenters. The van der Waals surface area contributed by atoms with Crippen LogP contribution in [0.1, 0.15) is 6.92 Å². The van der Waals surface area contributed by atoms with Crippen molar-refractivity contribution in [3.8, 4) is 0 Å². The van der Waals surface area contributed by atoms with E-state index < -0.39 is 11.6 Å². The molecule has 6 heteroatoms. The highest BCUT2D eigenvalue weighted by Gasteiger charge is 2.13. The van der Waals surface area contributed by atoms with Gasteiger partial charge in [-0.1, -0.05) is 0 Å². The lowest BCUT2D eigenvalue weighted by Crippen LogP contribution is -2.43. The summed E-state index contributed by atoms with van der Waals surface area (Å²) in [6.07, 6.45) is -0.645. The Morgan fingerprint density at radius 3 is 1.69 bits per heavy atom. The quantitative estimate of drug-likeness (QED) is 0.302. The maximum Gasteiger partial charge on any atom is 0.0858 e. The van der Waals surface area contributed by atoms with Gasteiger partial charge in [-0.2, -0.15) is 12.6 Å². The minimum Gasteiger partial charge on any atom is -0.394 e. The fourth-order valence-electron chi connectivity index (χ4n) is 0.108. The van der Waals surface area contributed by atoms with E-state index in [1.54, 1.807) is 6.92 Å². The number of nitrogens with two attached hydrogens (primary N) is 1. The molecule has 0 aromatic carbocycles. The summed E-state index contributed by atoms with van der Waals surface area (Å²) >= 11 is 3.69. The fourth-order valence-corrected chi connectivity index (χ4v) is 0.223. The zero-order valence-corrected chi connectivity index (χ0v) is 8.61. The molecule has 0 bridgehead atoms. The van der Waals surface area contributed by atoms with Crippen molar-refractivity contribution in [3.63, 3.8) is 0 Å². The second-order valence-corrected chi connectivity index (χ2v) is 3.35. The average Bonchev–Trinajstić information content (AvgIpc) is 2.17. The molecule has 13 heavy (non-hydrogen) atoms. The Morgan fingerprint density at radius 1 is 1.31 bits per heavy atom. The minimum atomic E-state index is -0.806. The van der Waals surface area contributed by atoms with Crippen molar-refractivity contribution >= 4 is 12.6 Å². The molecular formula is C7H19NO4S. The van der Waals surface area contributed by atoms with Gasteiger partial charge in [0, 0.05) is 5.75 Å². The molecule has 6 N–H and O–H groups in total. The van der Waals surface area contributed by atoms with Crippen LogP contribution in [-0.2, 0) is 0 Å². The summed E-state index contributed by atoms with van der Waals surface area (Å²) in [5.74, 6) is 0.330. The first-order chi connectivity index (χ1) is 5.93. The molecule has 1 atom stereocenters.